The highest BCUT2D eigenvalue weighted by Crippen LogP contribution is 2.41. The van der Waals surface area contributed by atoms with Crippen LogP contribution >= 0.6 is 0 Å². The van der Waals surface area contributed by atoms with E-state index >= 15 is 0 Å². The first-order valence-electron chi connectivity index (χ1n) is 6.81. The minimum absolute atomic E-state index is 0.0135. The summed E-state index contributed by atoms with van der Waals surface area (Å²) in [5.74, 6) is -0.0135. The van der Waals surface area contributed by atoms with Crippen molar-refractivity contribution in [2.75, 3.05) is 0 Å². The van der Waals surface area contributed by atoms with Crippen LogP contribution in [-0.4, -0.2) is 11.9 Å². The first-order chi connectivity index (χ1) is 8.68. The molecule has 98 valence electrons. The number of nitrogens with two attached hydrogens (primary N) is 1. The van der Waals surface area contributed by atoms with Gasteiger partial charge in [0.2, 0.25) is 5.91 Å². The van der Waals surface area contributed by atoms with Gasteiger partial charge in [0.15, 0.2) is 0 Å². The molecule has 18 heavy (non-hydrogen) atoms. The summed E-state index contributed by atoms with van der Waals surface area (Å²) in [6, 6.07) is 9.84. The molecule has 2 rings (SSSR count). The molecule has 3 nitrogen and oxygen atoms in total. The van der Waals surface area contributed by atoms with Crippen LogP contribution in [-0.2, 0) is 10.3 Å². The average Bonchev–Trinajstić information content (AvgIpc) is 2.35. The Labute approximate surface area is 109 Å². The lowest BCUT2D eigenvalue weighted by atomic mass is 9.71. The predicted octanol–water partition coefficient (Wildman–Crippen LogP) is 2.31. The fourth-order valence-corrected chi connectivity index (χ4v) is 2.54. The summed E-state index contributed by atoms with van der Waals surface area (Å²) < 4.78 is 0. The van der Waals surface area contributed by atoms with Crippen LogP contribution in [0.4, 0.5) is 0 Å². The van der Waals surface area contributed by atoms with E-state index in [0.29, 0.717) is 0 Å². The van der Waals surface area contributed by atoms with Gasteiger partial charge in [0.1, 0.15) is 0 Å². The first-order valence-corrected chi connectivity index (χ1v) is 6.81. The number of hydrogen-bond donors (Lipinski definition) is 2. The van der Waals surface area contributed by atoms with Crippen LogP contribution in [0, 0.1) is 0 Å². The van der Waals surface area contributed by atoms with E-state index in [2.05, 4.69) is 17.4 Å². The molecule has 3 heteroatoms. The highest BCUT2D eigenvalue weighted by atomic mass is 16.2. The van der Waals surface area contributed by atoms with E-state index in [0.717, 1.165) is 32.1 Å². The van der Waals surface area contributed by atoms with Crippen molar-refractivity contribution in [2.24, 2.45) is 5.73 Å². The molecule has 3 N–H and O–H groups in total. The molecule has 1 aliphatic carbocycles. The summed E-state index contributed by atoms with van der Waals surface area (Å²) in [6.45, 7) is 2.05. The summed E-state index contributed by atoms with van der Waals surface area (Å²) >= 11 is 0. The van der Waals surface area contributed by atoms with Crippen LogP contribution in [0.15, 0.2) is 30.3 Å². The monoisotopic (exact) mass is 246 g/mol. The minimum atomic E-state index is -0.379. The van der Waals surface area contributed by atoms with Gasteiger partial charge in [0, 0.05) is 0 Å². The third-order valence-corrected chi connectivity index (χ3v) is 3.83. The molecule has 0 heterocycles. The number of carbonyl (C=O) groups is 1. The summed E-state index contributed by atoms with van der Waals surface area (Å²) in [6.07, 6.45) is 4.88. The normalized spacial score (nSPS) is 18.8. The van der Waals surface area contributed by atoms with Crippen molar-refractivity contribution in [3.63, 3.8) is 0 Å². The molecule has 1 amide bonds. The molecule has 0 aromatic heterocycles. The summed E-state index contributed by atoms with van der Waals surface area (Å²) in [7, 11) is 0. The molecular weight excluding hydrogens is 224 g/mol. The van der Waals surface area contributed by atoms with Crippen molar-refractivity contribution < 1.29 is 4.79 Å². The summed E-state index contributed by atoms with van der Waals surface area (Å²) in [5.41, 5.74) is 6.92. The smallest absolute Gasteiger partial charge is 0.237 e. The Morgan fingerprint density at radius 1 is 1.39 bits per heavy atom. The Hall–Kier alpha value is -1.35. The number of nitrogens with one attached hydrogen (secondary N) is 1. The summed E-state index contributed by atoms with van der Waals surface area (Å²) in [5, 5.41) is 3.17. The Balaban J connectivity index is 2.08. The van der Waals surface area contributed by atoms with E-state index in [1.165, 1.54) is 5.56 Å². The minimum Gasteiger partial charge on any atom is -0.345 e. The van der Waals surface area contributed by atoms with Gasteiger partial charge in [-0.3, -0.25) is 4.79 Å². The molecule has 0 spiro atoms. The van der Waals surface area contributed by atoms with Crippen LogP contribution in [0.25, 0.3) is 0 Å². The second-order valence-corrected chi connectivity index (χ2v) is 5.19. The molecular formula is C15H22N2O. The third-order valence-electron chi connectivity index (χ3n) is 3.83. The zero-order chi connectivity index (χ0) is 13.0. The van der Waals surface area contributed by atoms with E-state index in [1.807, 2.05) is 25.1 Å². The maximum Gasteiger partial charge on any atom is 0.237 e. The van der Waals surface area contributed by atoms with Crippen molar-refractivity contribution in [1.82, 2.24) is 5.32 Å². The van der Waals surface area contributed by atoms with Gasteiger partial charge < -0.3 is 11.1 Å². The molecule has 1 saturated carbocycles. The van der Waals surface area contributed by atoms with Crippen molar-refractivity contribution in [2.45, 2.75) is 50.6 Å². The topological polar surface area (TPSA) is 55.1 Å². The maximum atomic E-state index is 12.1. The molecule has 1 atom stereocenters. The third kappa shape index (κ3) is 2.56. The summed E-state index contributed by atoms with van der Waals surface area (Å²) in [4.78, 5) is 12.1. The molecule has 0 saturated heterocycles. The average molecular weight is 246 g/mol. The van der Waals surface area contributed by atoms with Gasteiger partial charge in [0.25, 0.3) is 0 Å². The van der Waals surface area contributed by atoms with E-state index < -0.39 is 0 Å². The van der Waals surface area contributed by atoms with Gasteiger partial charge >= 0.3 is 0 Å². The van der Waals surface area contributed by atoms with Crippen LogP contribution < -0.4 is 11.1 Å². The number of benzene rings is 1. The number of rotatable bonds is 5. The van der Waals surface area contributed by atoms with Gasteiger partial charge in [-0.15, -0.1) is 0 Å². The fourth-order valence-electron chi connectivity index (χ4n) is 2.54. The molecule has 1 aromatic carbocycles. The number of carbonyl (C=O) groups excluding carboxylic acids is 1. The van der Waals surface area contributed by atoms with Crippen molar-refractivity contribution >= 4 is 5.91 Å². The molecule has 0 aliphatic heterocycles. The van der Waals surface area contributed by atoms with Gasteiger partial charge in [-0.25, -0.2) is 0 Å². The van der Waals surface area contributed by atoms with Crippen LogP contribution in [0.5, 0.6) is 0 Å². The van der Waals surface area contributed by atoms with E-state index in [4.69, 9.17) is 5.73 Å². The van der Waals surface area contributed by atoms with Gasteiger partial charge in [-0.1, -0.05) is 43.7 Å². The zero-order valence-corrected chi connectivity index (χ0v) is 11.0. The lowest BCUT2D eigenvalue weighted by Crippen LogP contribution is -2.55. The molecule has 1 fully saturated rings. The van der Waals surface area contributed by atoms with Gasteiger partial charge in [-0.2, -0.15) is 0 Å². The van der Waals surface area contributed by atoms with E-state index in [1.54, 1.807) is 0 Å². The SMILES string of the molecule is CCCC(N)C(=O)NC1(c2ccccc2)CCC1. The fraction of sp³-hybridized carbons (Fsp3) is 0.533. The Morgan fingerprint density at radius 3 is 2.56 bits per heavy atom. The largest absolute Gasteiger partial charge is 0.345 e. The van der Waals surface area contributed by atoms with Gasteiger partial charge in [0.05, 0.1) is 11.6 Å². The van der Waals surface area contributed by atoms with Gasteiger partial charge in [-0.05, 0) is 31.2 Å². The van der Waals surface area contributed by atoms with Crippen LogP contribution in [0.2, 0.25) is 0 Å². The maximum absolute atomic E-state index is 12.1. The highest BCUT2D eigenvalue weighted by molar-refractivity contribution is 5.82. The van der Waals surface area contributed by atoms with E-state index in [-0.39, 0.29) is 17.5 Å². The zero-order valence-electron chi connectivity index (χ0n) is 11.0. The van der Waals surface area contributed by atoms with Crippen molar-refractivity contribution in [1.29, 1.82) is 0 Å². The Bertz CT molecular complexity index is 398. The predicted molar refractivity (Wildman–Crippen MR) is 73.0 cm³/mol. The van der Waals surface area contributed by atoms with E-state index in [9.17, 15) is 4.79 Å². The molecule has 1 aliphatic rings. The quantitative estimate of drug-likeness (QED) is 0.837. The second kappa shape index (κ2) is 5.53. The second-order valence-electron chi connectivity index (χ2n) is 5.19. The Morgan fingerprint density at radius 2 is 2.06 bits per heavy atom. The molecule has 0 radical (unpaired) electrons. The first kappa shape index (κ1) is 13.1. The molecule has 0 bridgehead atoms. The van der Waals surface area contributed by atoms with Crippen molar-refractivity contribution in [3.8, 4) is 0 Å². The lowest BCUT2D eigenvalue weighted by Gasteiger charge is -2.43. The molecule has 1 unspecified atom stereocenters. The van der Waals surface area contributed by atoms with Crippen LogP contribution in [0.1, 0.15) is 44.6 Å². The lowest BCUT2D eigenvalue weighted by molar-refractivity contribution is -0.125. The molecule has 1 aromatic rings. The number of hydrogen-bond acceptors (Lipinski definition) is 2. The van der Waals surface area contributed by atoms with Crippen LogP contribution in [0.3, 0.4) is 0 Å². The van der Waals surface area contributed by atoms with Crippen molar-refractivity contribution in [3.05, 3.63) is 35.9 Å². The standard InChI is InChI=1S/C15H22N2O/c1-2-7-13(16)14(18)17-15(10-6-11-15)12-8-4-3-5-9-12/h3-5,8-9,13H,2,6-7,10-11,16H2,1H3,(H,17,18). The number of amides is 1. The Kier molecular flexibility index (Phi) is 4.02. The highest BCUT2D eigenvalue weighted by Gasteiger charge is 2.40.